The van der Waals surface area contributed by atoms with Crippen LogP contribution in [0.25, 0.3) is 44.5 Å². The molecule has 0 N–H and O–H groups in total. The molecule has 0 amide bonds. The smallest absolute Gasteiger partial charge is 0.251 e. The zero-order valence-corrected chi connectivity index (χ0v) is 11.7. The third kappa shape index (κ3) is 1.76. The Morgan fingerprint density at radius 2 is 1.83 bits per heavy atom. The van der Waals surface area contributed by atoms with E-state index in [1.54, 1.807) is 12.3 Å². The van der Waals surface area contributed by atoms with E-state index in [0.717, 1.165) is 16.5 Å². The molecule has 23 heavy (non-hydrogen) atoms. The van der Waals surface area contributed by atoms with Gasteiger partial charge in [-0.25, -0.2) is 0 Å². The lowest BCUT2D eigenvalue weighted by atomic mass is 10.1. The minimum atomic E-state index is 0.396. The molecule has 0 radical (unpaired) electrons. The first-order valence-electron chi connectivity index (χ1n) is 6.98. The van der Waals surface area contributed by atoms with Crippen LogP contribution >= 0.6 is 0 Å². The van der Waals surface area contributed by atoms with Gasteiger partial charge in [-0.2, -0.15) is 4.98 Å². The zero-order chi connectivity index (χ0) is 15.2. The van der Waals surface area contributed by atoms with E-state index in [0.29, 0.717) is 28.0 Å². The molecule has 0 aliphatic carbocycles. The molecule has 0 unspecified atom stereocenters. The predicted molar refractivity (Wildman–Crippen MR) is 83.4 cm³/mol. The summed E-state index contributed by atoms with van der Waals surface area (Å²) in [5.74, 6) is 0. The molecular formula is C16H8N6O. The van der Waals surface area contributed by atoms with Gasteiger partial charge in [-0.1, -0.05) is 24.3 Å². The number of fused-ring (bicyclic) bond motifs is 4. The van der Waals surface area contributed by atoms with Gasteiger partial charge >= 0.3 is 0 Å². The van der Waals surface area contributed by atoms with Crippen LogP contribution in [0.5, 0.6) is 0 Å². The quantitative estimate of drug-likeness (QED) is 0.470. The van der Waals surface area contributed by atoms with E-state index >= 15 is 0 Å². The lowest BCUT2D eigenvalue weighted by molar-refractivity contribution is 0.648. The Morgan fingerprint density at radius 3 is 2.83 bits per heavy atom. The maximum absolute atomic E-state index is 5.68. The van der Waals surface area contributed by atoms with Crippen LogP contribution in [0.1, 0.15) is 0 Å². The third-order valence-corrected chi connectivity index (χ3v) is 3.69. The van der Waals surface area contributed by atoms with E-state index in [1.807, 2.05) is 30.3 Å². The van der Waals surface area contributed by atoms with E-state index in [1.165, 1.54) is 6.33 Å². The van der Waals surface area contributed by atoms with E-state index in [4.69, 9.17) is 4.42 Å². The zero-order valence-electron chi connectivity index (χ0n) is 11.7. The first-order valence-corrected chi connectivity index (χ1v) is 6.98. The molecule has 0 saturated carbocycles. The van der Waals surface area contributed by atoms with Crippen LogP contribution in [0.4, 0.5) is 0 Å². The van der Waals surface area contributed by atoms with Crippen molar-refractivity contribution in [2.75, 3.05) is 0 Å². The highest BCUT2D eigenvalue weighted by molar-refractivity contribution is 5.99. The molecule has 1 aromatic carbocycles. The van der Waals surface area contributed by atoms with Gasteiger partial charge in [-0.15, -0.1) is 20.4 Å². The Kier molecular flexibility index (Phi) is 2.37. The number of furan rings is 1. The Labute approximate surface area is 129 Å². The van der Waals surface area contributed by atoms with Gasteiger partial charge in [0.1, 0.15) is 12.0 Å². The minimum absolute atomic E-state index is 0.396. The summed E-state index contributed by atoms with van der Waals surface area (Å²) in [6.45, 7) is 0. The van der Waals surface area contributed by atoms with E-state index in [2.05, 4.69) is 30.4 Å². The average molecular weight is 300 g/mol. The second-order valence-corrected chi connectivity index (χ2v) is 5.04. The summed E-state index contributed by atoms with van der Waals surface area (Å²) < 4.78 is 5.68. The second-order valence-electron chi connectivity index (χ2n) is 5.04. The summed E-state index contributed by atoms with van der Waals surface area (Å²) >= 11 is 0. The van der Waals surface area contributed by atoms with Crippen LogP contribution in [0.3, 0.4) is 0 Å². The second kappa shape index (κ2) is 4.51. The molecule has 5 rings (SSSR count). The molecule has 0 fully saturated rings. The molecule has 0 saturated heterocycles. The van der Waals surface area contributed by atoms with Crippen molar-refractivity contribution in [3.05, 3.63) is 48.9 Å². The van der Waals surface area contributed by atoms with Crippen molar-refractivity contribution in [1.29, 1.82) is 0 Å². The van der Waals surface area contributed by atoms with E-state index in [-0.39, 0.29) is 0 Å². The number of rotatable bonds is 1. The maximum atomic E-state index is 5.68. The molecular weight excluding hydrogens is 292 g/mol. The molecule has 0 spiro atoms. The fraction of sp³-hybridized carbons (Fsp3) is 0. The first kappa shape index (κ1) is 12.1. The molecule has 108 valence electrons. The Morgan fingerprint density at radius 1 is 0.870 bits per heavy atom. The summed E-state index contributed by atoms with van der Waals surface area (Å²) in [5, 5.41) is 18.4. The van der Waals surface area contributed by atoms with Gasteiger partial charge in [-0.3, -0.25) is 4.98 Å². The molecule has 4 aromatic heterocycles. The molecule has 7 nitrogen and oxygen atoms in total. The van der Waals surface area contributed by atoms with Gasteiger partial charge in [0.05, 0.1) is 5.69 Å². The SMILES string of the molecule is c1ccc2c(-c3cc4oc5ncnnc5c4nn3)nccc2c1. The van der Waals surface area contributed by atoms with Gasteiger partial charge in [0.25, 0.3) is 5.71 Å². The summed E-state index contributed by atoms with van der Waals surface area (Å²) in [5.41, 5.74) is 3.41. The first-order chi connectivity index (χ1) is 11.4. The maximum Gasteiger partial charge on any atom is 0.251 e. The highest BCUT2D eigenvalue weighted by Gasteiger charge is 2.14. The van der Waals surface area contributed by atoms with Crippen molar-refractivity contribution in [1.82, 2.24) is 30.4 Å². The fourth-order valence-corrected chi connectivity index (χ4v) is 2.65. The van der Waals surface area contributed by atoms with Crippen LogP contribution in [0.15, 0.2) is 53.3 Å². The van der Waals surface area contributed by atoms with Crippen LogP contribution in [0, 0.1) is 0 Å². The Balaban J connectivity index is 1.81. The van der Waals surface area contributed by atoms with Gasteiger partial charge < -0.3 is 4.42 Å². The highest BCUT2D eigenvalue weighted by atomic mass is 16.3. The van der Waals surface area contributed by atoms with E-state index in [9.17, 15) is 0 Å². The van der Waals surface area contributed by atoms with Gasteiger partial charge in [0.2, 0.25) is 0 Å². The largest absolute Gasteiger partial charge is 0.434 e. The fourth-order valence-electron chi connectivity index (χ4n) is 2.65. The molecule has 5 aromatic rings. The molecule has 7 heteroatoms. The lowest BCUT2D eigenvalue weighted by Gasteiger charge is -2.03. The van der Waals surface area contributed by atoms with Crippen molar-refractivity contribution in [3.8, 4) is 11.4 Å². The highest BCUT2D eigenvalue weighted by Crippen LogP contribution is 2.28. The van der Waals surface area contributed by atoms with Crippen molar-refractivity contribution in [2.24, 2.45) is 0 Å². The van der Waals surface area contributed by atoms with Gasteiger partial charge in [-0.05, 0) is 11.5 Å². The summed E-state index contributed by atoms with van der Waals surface area (Å²) in [6.07, 6.45) is 3.10. The predicted octanol–water partition coefficient (Wildman–Crippen LogP) is 2.78. The number of nitrogens with zero attached hydrogens (tertiary/aromatic N) is 6. The molecule has 0 bridgehead atoms. The number of hydrogen-bond acceptors (Lipinski definition) is 7. The Bertz CT molecular complexity index is 1180. The molecule has 4 heterocycles. The number of pyridine rings is 1. The molecule has 0 atom stereocenters. The third-order valence-electron chi connectivity index (χ3n) is 3.69. The number of aromatic nitrogens is 6. The van der Waals surface area contributed by atoms with Crippen molar-refractivity contribution < 1.29 is 4.42 Å². The standard InChI is InChI=1S/C16H8N6O/c1-2-4-10-9(3-1)5-6-17-13(10)11-7-12-14(22-20-11)15-16(23-12)18-8-19-21-15/h1-8H. The number of hydrogen-bond donors (Lipinski definition) is 0. The van der Waals surface area contributed by atoms with Crippen molar-refractivity contribution >= 4 is 33.1 Å². The lowest BCUT2D eigenvalue weighted by Crippen LogP contribution is -1.92. The topological polar surface area (TPSA) is 90.5 Å². The minimum Gasteiger partial charge on any atom is -0.434 e. The van der Waals surface area contributed by atoms with Crippen LogP contribution in [0.2, 0.25) is 0 Å². The Hall–Kier alpha value is -3.48. The van der Waals surface area contributed by atoms with Gasteiger partial charge in [0.15, 0.2) is 16.6 Å². The van der Waals surface area contributed by atoms with Crippen LogP contribution in [-0.2, 0) is 0 Å². The van der Waals surface area contributed by atoms with Crippen molar-refractivity contribution in [2.45, 2.75) is 0 Å². The summed E-state index contributed by atoms with van der Waals surface area (Å²) in [6, 6.07) is 11.8. The molecule has 0 aliphatic heterocycles. The van der Waals surface area contributed by atoms with Gasteiger partial charge in [0, 0.05) is 17.6 Å². The molecule has 0 aliphatic rings. The summed E-state index contributed by atoms with van der Waals surface area (Å²) in [4.78, 5) is 8.50. The van der Waals surface area contributed by atoms with Crippen molar-refractivity contribution in [3.63, 3.8) is 0 Å². The van der Waals surface area contributed by atoms with E-state index < -0.39 is 0 Å². The average Bonchev–Trinajstić information content (AvgIpc) is 2.99. The number of benzene rings is 1. The normalized spacial score (nSPS) is 11.5. The summed E-state index contributed by atoms with van der Waals surface area (Å²) in [7, 11) is 0. The monoisotopic (exact) mass is 300 g/mol. The van der Waals surface area contributed by atoms with Crippen LogP contribution in [-0.4, -0.2) is 30.4 Å². The van der Waals surface area contributed by atoms with Crippen LogP contribution < -0.4 is 0 Å².